The van der Waals surface area contributed by atoms with Crippen molar-refractivity contribution in [2.75, 3.05) is 6.61 Å². The Hall–Kier alpha value is -0.650. The lowest BCUT2D eigenvalue weighted by atomic mass is 9.99. The van der Waals surface area contributed by atoms with Gasteiger partial charge >= 0.3 is 0 Å². The Morgan fingerprint density at radius 1 is 0.323 bits per heavy atom. The summed E-state index contributed by atoms with van der Waals surface area (Å²) < 4.78 is 0. The summed E-state index contributed by atoms with van der Waals surface area (Å²) in [4.78, 5) is 12.5. The summed E-state index contributed by atoms with van der Waals surface area (Å²) in [6.07, 6.45) is 68.6. The van der Waals surface area contributed by atoms with Crippen LogP contribution in [0.5, 0.6) is 0 Å². The van der Waals surface area contributed by atoms with Crippen LogP contribution in [0.3, 0.4) is 0 Å². The van der Waals surface area contributed by atoms with Crippen LogP contribution in [-0.2, 0) is 4.79 Å². The molecule has 0 aliphatic rings. The van der Waals surface area contributed by atoms with E-state index in [2.05, 4.69) is 19.2 Å². The zero-order chi connectivity index (χ0) is 47.2. The second-order valence-electron chi connectivity index (χ2n) is 21.3. The molecule has 0 aromatic rings. The molecular weight excluding hydrogens is 799 g/mol. The highest BCUT2D eigenvalue weighted by molar-refractivity contribution is 5.76. The van der Waals surface area contributed by atoms with Crippen molar-refractivity contribution in [3.63, 3.8) is 0 Å². The Morgan fingerprint density at radius 2 is 0.523 bits per heavy atom. The maximum absolute atomic E-state index is 12.5. The highest BCUT2D eigenvalue weighted by Gasteiger charge is 2.26. The Kier molecular flexibility index (Phi) is 55.4. The first-order valence-corrected chi connectivity index (χ1v) is 30.3. The van der Waals surface area contributed by atoms with Gasteiger partial charge in [0.25, 0.3) is 0 Å². The molecule has 0 rings (SSSR count). The molecule has 5 nitrogen and oxygen atoms in total. The number of nitrogens with one attached hydrogen (secondary N) is 1. The van der Waals surface area contributed by atoms with Gasteiger partial charge in [-0.05, 0) is 12.8 Å². The highest BCUT2D eigenvalue weighted by Crippen LogP contribution is 2.19. The van der Waals surface area contributed by atoms with Crippen molar-refractivity contribution in [2.24, 2.45) is 0 Å². The van der Waals surface area contributed by atoms with E-state index in [4.69, 9.17) is 0 Å². The Balaban J connectivity index is 3.41. The van der Waals surface area contributed by atoms with Crippen molar-refractivity contribution in [2.45, 2.75) is 372 Å². The van der Waals surface area contributed by atoms with Crippen LogP contribution >= 0.6 is 0 Å². The SMILES string of the molecule is CCCCCCCCCCCCCCCCCCCCCCCCCCCCCCCCCCCCCC(=O)NC(CO)C(O)C(O)CCCCCCCCCCCCCCCCCC. The van der Waals surface area contributed by atoms with Crippen molar-refractivity contribution in [1.29, 1.82) is 0 Å². The number of aliphatic hydroxyl groups excluding tert-OH is 3. The van der Waals surface area contributed by atoms with Crippen LogP contribution in [0.25, 0.3) is 0 Å². The second kappa shape index (κ2) is 55.9. The third-order valence-electron chi connectivity index (χ3n) is 14.7. The number of unbranched alkanes of at least 4 members (excludes halogenated alkanes) is 49. The van der Waals surface area contributed by atoms with Gasteiger partial charge in [-0.15, -0.1) is 0 Å². The predicted molar refractivity (Wildman–Crippen MR) is 287 cm³/mol. The zero-order valence-corrected chi connectivity index (χ0v) is 44.7. The van der Waals surface area contributed by atoms with E-state index in [1.807, 2.05) is 0 Å². The Bertz CT molecular complexity index is 883. The van der Waals surface area contributed by atoms with Crippen LogP contribution in [0.15, 0.2) is 0 Å². The summed E-state index contributed by atoms with van der Waals surface area (Å²) in [7, 11) is 0. The van der Waals surface area contributed by atoms with Gasteiger partial charge in [0.2, 0.25) is 5.91 Å². The summed E-state index contributed by atoms with van der Waals surface area (Å²) in [5.41, 5.74) is 0. The van der Waals surface area contributed by atoms with Crippen LogP contribution in [0, 0.1) is 0 Å². The molecule has 3 unspecified atom stereocenters. The molecule has 1 amide bonds. The molecule has 0 radical (unpaired) electrons. The number of rotatable bonds is 57. The molecule has 0 saturated heterocycles. The fourth-order valence-corrected chi connectivity index (χ4v) is 10.1. The number of hydrogen-bond donors (Lipinski definition) is 4. The highest BCUT2D eigenvalue weighted by atomic mass is 16.3. The van der Waals surface area contributed by atoms with E-state index >= 15 is 0 Å². The molecule has 0 aromatic heterocycles. The molecule has 0 bridgehead atoms. The Labute approximate surface area is 408 Å². The van der Waals surface area contributed by atoms with Crippen molar-refractivity contribution in [3.8, 4) is 0 Å². The topological polar surface area (TPSA) is 89.8 Å². The molecule has 0 aliphatic heterocycles. The molecule has 0 heterocycles. The minimum absolute atomic E-state index is 0.135. The summed E-state index contributed by atoms with van der Waals surface area (Å²) in [6.45, 7) is 4.22. The van der Waals surface area contributed by atoms with Crippen molar-refractivity contribution < 1.29 is 20.1 Å². The smallest absolute Gasteiger partial charge is 0.220 e. The van der Waals surface area contributed by atoms with Gasteiger partial charge in [0, 0.05) is 6.42 Å². The van der Waals surface area contributed by atoms with Crippen LogP contribution < -0.4 is 5.32 Å². The van der Waals surface area contributed by atoms with Gasteiger partial charge in [0.15, 0.2) is 0 Å². The lowest BCUT2D eigenvalue weighted by Gasteiger charge is -2.26. The monoisotopic (exact) mass is 920 g/mol. The minimum Gasteiger partial charge on any atom is -0.394 e. The molecule has 65 heavy (non-hydrogen) atoms. The van der Waals surface area contributed by atoms with Crippen LogP contribution in [-0.4, -0.2) is 46.1 Å². The number of aliphatic hydroxyl groups is 3. The minimum atomic E-state index is -1.13. The first kappa shape index (κ1) is 64.3. The van der Waals surface area contributed by atoms with Gasteiger partial charge in [0.05, 0.1) is 18.8 Å². The summed E-state index contributed by atoms with van der Waals surface area (Å²) in [6, 6.07) is -0.804. The Morgan fingerprint density at radius 3 is 0.738 bits per heavy atom. The van der Waals surface area contributed by atoms with Gasteiger partial charge in [-0.3, -0.25) is 4.79 Å². The first-order chi connectivity index (χ1) is 32.1. The van der Waals surface area contributed by atoms with Crippen LogP contribution in [0.4, 0.5) is 0 Å². The fourth-order valence-electron chi connectivity index (χ4n) is 10.1. The molecule has 3 atom stereocenters. The van der Waals surface area contributed by atoms with Gasteiger partial charge in [-0.1, -0.05) is 335 Å². The third kappa shape index (κ3) is 51.0. The first-order valence-electron chi connectivity index (χ1n) is 30.3. The number of amides is 1. The predicted octanol–water partition coefficient (Wildman–Crippen LogP) is 18.9. The largest absolute Gasteiger partial charge is 0.394 e. The van der Waals surface area contributed by atoms with E-state index in [-0.39, 0.29) is 12.5 Å². The lowest BCUT2D eigenvalue weighted by Crippen LogP contribution is -2.50. The van der Waals surface area contributed by atoms with Crippen molar-refractivity contribution in [1.82, 2.24) is 5.32 Å². The summed E-state index contributed by atoms with van der Waals surface area (Å²) in [5.74, 6) is -0.135. The summed E-state index contributed by atoms with van der Waals surface area (Å²) >= 11 is 0. The lowest BCUT2D eigenvalue weighted by molar-refractivity contribution is -0.124. The third-order valence-corrected chi connectivity index (χ3v) is 14.7. The van der Waals surface area contributed by atoms with Crippen LogP contribution in [0.1, 0.15) is 354 Å². The molecule has 0 spiro atoms. The molecule has 0 saturated carbocycles. The van der Waals surface area contributed by atoms with Gasteiger partial charge < -0.3 is 20.6 Å². The fraction of sp³-hybridized carbons (Fsp3) is 0.983. The quantitative estimate of drug-likeness (QED) is 0.0458. The van der Waals surface area contributed by atoms with E-state index in [1.54, 1.807) is 0 Å². The molecule has 4 N–H and O–H groups in total. The second-order valence-corrected chi connectivity index (χ2v) is 21.3. The molecule has 5 heteroatoms. The number of carbonyl (C=O) groups is 1. The van der Waals surface area contributed by atoms with Crippen molar-refractivity contribution in [3.05, 3.63) is 0 Å². The van der Waals surface area contributed by atoms with E-state index < -0.39 is 18.2 Å². The van der Waals surface area contributed by atoms with Gasteiger partial charge in [-0.25, -0.2) is 0 Å². The zero-order valence-electron chi connectivity index (χ0n) is 44.7. The number of carbonyl (C=O) groups excluding carboxylic acids is 1. The average molecular weight is 921 g/mol. The number of hydrogen-bond acceptors (Lipinski definition) is 4. The van der Waals surface area contributed by atoms with E-state index in [0.717, 1.165) is 32.1 Å². The average Bonchev–Trinajstić information content (AvgIpc) is 3.31. The molecule has 0 aromatic carbocycles. The molecular formula is C60H121NO4. The van der Waals surface area contributed by atoms with E-state index in [9.17, 15) is 20.1 Å². The maximum Gasteiger partial charge on any atom is 0.220 e. The summed E-state index contributed by atoms with van der Waals surface area (Å²) in [5, 5.41) is 33.8. The van der Waals surface area contributed by atoms with E-state index in [1.165, 1.54) is 295 Å². The molecule has 0 fully saturated rings. The van der Waals surface area contributed by atoms with Gasteiger partial charge in [0.1, 0.15) is 6.10 Å². The molecule has 390 valence electrons. The van der Waals surface area contributed by atoms with Crippen molar-refractivity contribution >= 4 is 5.91 Å². The van der Waals surface area contributed by atoms with Gasteiger partial charge in [-0.2, -0.15) is 0 Å². The maximum atomic E-state index is 12.5. The molecule has 0 aliphatic carbocycles. The standard InChI is InChI=1S/C60H121NO4/c1-3-5-7-9-11-13-15-17-19-21-22-23-24-25-26-27-28-29-30-31-32-33-34-35-36-37-38-39-41-43-45-47-49-51-53-55-59(64)61-57(56-62)60(65)58(63)54-52-50-48-46-44-42-40-20-18-16-14-12-10-8-6-4-2/h57-58,60,62-63,65H,3-56H2,1-2H3,(H,61,64). The van der Waals surface area contributed by atoms with E-state index in [0.29, 0.717) is 12.8 Å². The van der Waals surface area contributed by atoms with Crippen LogP contribution in [0.2, 0.25) is 0 Å². The normalized spacial score (nSPS) is 13.1.